The van der Waals surface area contributed by atoms with Gasteiger partial charge in [-0.1, -0.05) is 24.3 Å². The molecule has 0 aliphatic heterocycles. The molecule has 0 saturated carbocycles. The zero-order chi connectivity index (χ0) is 16.5. The van der Waals surface area contributed by atoms with Crippen molar-refractivity contribution < 1.29 is 14.3 Å². The normalized spacial score (nSPS) is 10.3. The van der Waals surface area contributed by atoms with Gasteiger partial charge in [0.15, 0.2) is 6.79 Å². The minimum absolute atomic E-state index is 0.190. The number of amides is 1. The van der Waals surface area contributed by atoms with E-state index < -0.39 is 0 Å². The van der Waals surface area contributed by atoms with E-state index in [4.69, 9.17) is 14.7 Å². The Morgan fingerprint density at radius 2 is 1.96 bits per heavy atom. The van der Waals surface area contributed by atoms with Crippen molar-refractivity contribution in [2.24, 2.45) is 0 Å². The van der Waals surface area contributed by atoms with Gasteiger partial charge in [0.05, 0.1) is 11.3 Å². The van der Waals surface area contributed by atoms with Crippen LogP contribution < -0.4 is 10.1 Å². The number of carbonyl (C=O) groups is 1. The molecular formula is C18H16N2O3. The molecule has 0 saturated heterocycles. The maximum Gasteiger partial charge on any atom is 0.248 e. The second-order valence-corrected chi connectivity index (χ2v) is 4.60. The van der Waals surface area contributed by atoms with Gasteiger partial charge in [0.25, 0.3) is 0 Å². The highest BCUT2D eigenvalue weighted by atomic mass is 16.7. The van der Waals surface area contributed by atoms with Gasteiger partial charge in [-0.25, -0.2) is 0 Å². The number of benzene rings is 2. The maximum absolute atomic E-state index is 11.9. The summed E-state index contributed by atoms with van der Waals surface area (Å²) in [5.74, 6) is 0.392. The van der Waals surface area contributed by atoms with Crippen molar-refractivity contribution in [1.82, 2.24) is 0 Å². The number of hydrogen-bond acceptors (Lipinski definition) is 4. The van der Waals surface area contributed by atoms with Crippen LogP contribution in [0.3, 0.4) is 0 Å². The van der Waals surface area contributed by atoms with Crippen LogP contribution in [0.25, 0.3) is 6.08 Å². The van der Waals surface area contributed by atoms with Crippen LogP contribution >= 0.6 is 0 Å². The van der Waals surface area contributed by atoms with Crippen LogP contribution in [0.1, 0.15) is 11.1 Å². The predicted molar refractivity (Wildman–Crippen MR) is 87.8 cm³/mol. The first-order chi connectivity index (χ1) is 11.2. The Morgan fingerprint density at radius 1 is 1.22 bits per heavy atom. The summed E-state index contributed by atoms with van der Waals surface area (Å²) in [4.78, 5) is 11.9. The number of rotatable bonds is 6. The van der Waals surface area contributed by atoms with Gasteiger partial charge in [0, 0.05) is 13.2 Å². The molecule has 1 amide bonds. The van der Waals surface area contributed by atoms with Gasteiger partial charge in [-0.2, -0.15) is 5.26 Å². The maximum atomic E-state index is 11.9. The van der Waals surface area contributed by atoms with Gasteiger partial charge in [0.1, 0.15) is 11.8 Å². The summed E-state index contributed by atoms with van der Waals surface area (Å²) in [5, 5.41) is 11.7. The summed E-state index contributed by atoms with van der Waals surface area (Å²) >= 11 is 0. The first kappa shape index (κ1) is 16.3. The third-order valence-corrected chi connectivity index (χ3v) is 2.96. The highest BCUT2D eigenvalue weighted by molar-refractivity contribution is 6.02. The number of anilines is 1. The second kappa shape index (κ2) is 8.37. The molecule has 5 nitrogen and oxygen atoms in total. The fraction of sp³-hybridized carbons (Fsp3) is 0.111. The van der Waals surface area contributed by atoms with Crippen LogP contribution in [0.2, 0.25) is 0 Å². The van der Waals surface area contributed by atoms with E-state index in [9.17, 15) is 4.79 Å². The van der Waals surface area contributed by atoms with Crippen molar-refractivity contribution >= 4 is 17.7 Å². The summed E-state index contributed by atoms with van der Waals surface area (Å²) in [5.41, 5.74) is 1.78. The third-order valence-electron chi connectivity index (χ3n) is 2.96. The first-order valence-electron chi connectivity index (χ1n) is 6.93. The fourth-order valence-electron chi connectivity index (χ4n) is 1.84. The van der Waals surface area contributed by atoms with Crippen molar-refractivity contribution in [2.75, 3.05) is 19.2 Å². The summed E-state index contributed by atoms with van der Waals surface area (Å²) < 4.78 is 10.1. The average Bonchev–Trinajstić information content (AvgIpc) is 2.59. The zero-order valence-corrected chi connectivity index (χ0v) is 12.7. The van der Waals surface area contributed by atoms with E-state index in [0.717, 1.165) is 5.56 Å². The Bertz CT molecular complexity index is 731. The lowest BCUT2D eigenvalue weighted by atomic mass is 10.2. The standard InChI is InChI=1S/C18H16N2O3/c1-22-13-23-16-9-6-14(7-10-16)8-11-18(21)20-17-5-3-2-4-15(17)12-19/h2-11H,13H2,1H3,(H,20,21)/b11-8+. The molecule has 2 aromatic carbocycles. The van der Waals surface area contributed by atoms with Crippen molar-refractivity contribution in [1.29, 1.82) is 5.26 Å². The molecule has 0 spiro atoms. The zero-order valence-electron chi connectivity index (χ0n) is 12.7. The fourth-order valence-corrected chi connectivity index (χ4v) is 1.84. The topological polar surface area (TPSA) is 71.3 Å². The van der Waals surface area contributed by atoms with Crippen molar-refractivity contribution in [3.8, 4) is 11.8 Å². The minimum Gasteiger partial charge on any atom is -0.468 e. The van der Waals surface area contributed by atoms with Crippen LogP contribution in [0.5, 0.6) is 5.75 Å². The van der Waals surface area contributed by atoms with Gasteiger partial charge < -0.3 is 14.8 Å². The molecule has 0 fully saturated rings. The lowest BCUT2D eigenvalue weighted by Gasteiger charge is -2.05. The van der Waals surface area contributed by atoms with E-state index in [1.807, 2.05) is 18.2 Å². The van der Waals surface area contributed by atoms with E-state index in [1.54, 1.807) is 49.6 Å². The van der Waals surface area contributed by atoms with E-state index >= 15 is 0 Å². The monoisotopic (exact) mass is 308 g/mol. The Labute approximate surface area is 134 Å². The van der Waals surface area contributed by atoms with E-state index in [-0.39, 0.29) is 12.7 Å². The molecule has 5 heteroatoms. The number of nitriles is 1. The molecular weight excluding hydrogens is 292 g/mol. The van der Waals surface area contributed by atoms with Gasteiger partial charge >= 0.3 is 0 Å². The number of nitrogens with one attached hydrogen (secondary N) is 1. The molecule has 0 atom stereocenters. The summed E-state index contributed by atoms with van der Waals surface area (Å²) in [6.45, 7) is 0.190. The highest BCUT2D eigenvalue weighted by Crippen LogP contribution is 2.15. The molecule has 23 heavy (non-hydrogen) atoms. The molecule has 116 valence electrons. The largest absolute Gasteiger partial charge is 0.468 e. The van der Waals surface area contributed by atoms with Crippen LogP contribution in [-0.4, -0.2) is 19.8 Å². The van der Waals surface area contributed by atoms with Crippen molar-refractivity contribution in [3.63, 3.8) is 0 Å². The molecule has 2 aromatic rings. The van der Waals surface area contributed by atoms with Crippen LogP contribution in [0.15, 0.2) is 54.6 Å². The summed E-state index contributed by atoms with van der Waals surface area (Å²) in [6, 6.07) is 16.1. The first-order valence-corrected chi connectivity index (χ1v) is 6.93. The van der Waals surface area contributed by atoms with E-state index in [0.29, 0.717) is 17.0 Å². The SMILES string of the molecule is COCOc1ccc(/C=C/C(=O)Nc2ccccc2C#N)cc1. The van der Waals surface area contributed by atoms with Gasteiger partial charge in [0.2, 0.25) is 5.91 Å². The average molecular weight is 308 g/mol. The summed E-state index contributed by atoms with van der Waals surface area (Å²) in [7, 11) is 1.56. The molecule has 0 unspecified atom stereocenters. The number of hydrogen-bond donors (Lipinski definition) is 1. The lowest BCUT2D eigenvalue weighted by molar-refractivity contribution is -0.111. The number of para-hydroxylation sites is 1. The Kier molecular flexibility index (Phi) is 5.92. The molecule has 2 rings (SSSR count). The number of methoxy groups -OCH3 is 1. The Balaban J connectivity index is 1.97. The third kappa shape index (κ3) is 4.99. The predicted octanol–water partition coefficient (Wildman–Crippen LogP) is 3.19. The van der Waals surface area contributed by atoms with Gasteiger partial charge in [-0.05, 0) is 35.9 Å². The quantitative estimate of drug-likeness (QED) is 0.657. The Morgan fingerprint density at radius 3 is 2.65 bits per heavy atom. The molecule has 0 aromatic heterocycles. The van der Waals surface area contributed by atoms with Crippen LogP contribution in [0.4, 0.5) is 5.69 Å². The number of ether oxygens (including phenoxy) is 2. The van der Waals surface area contributed by atoms with Gasteiger partial charge in [-0.15, -0.1) is 0 Å². The number of nitrogens with zero attached hydrogens (tertiary/aromatic N) is 1. The van der Waals surface area contributed by atoms with Crippen molar-refractivity contribution in [2.45, 2.75) is 0 Å². The lowest BCUT2D eigenvalue weighted by Crippen LogP contribution is -2.08. The molecule has 0 radical (unpaired) electrons. The van der Waals surface area contributed by atoms with Gasteiger partial charge in [-0.3, -0.25) is 4.79 Å². The summed E-state index contributed by atoms with van der Waals surface area (Å²) in [6.07, 6.45) is 3.10. The number of carbonyl (C=O) groups excluding carboxylic acids is 1. The van der Waals surface area contributed by atoms with Crippen LogP contribution in [-0.2, 0) is 9.53 Å². The molecule has 0 aliphatic carbocycles. The smallest absolute Gasteiger partial charge is 0.248 e. The highest BCUT2D eigenvalue weighted by Gasteiger charge is 2.03. The van der Waals surface area contributed by atoms with E-state index in [2.05, 4.69) is 5.32 Å². The molecule has 0 heterocycles. The molecule has 0 aliphatic rings. The van der Waals surface area contributed by atoms with Crippen LogP contribution in [0, 0.1) is 11.3 Å². The molecule has 1 N–H and O–H groups in total. The minimum atomic E-state index is -0.299. The Hall–Kier alpha value is -3.10. The molecule has 0 bridgehead atoms. The van der Waals surface area contributed by atoms with Crippen molar-refractivity contribution in [3.05, 3.63) is 65.7 Å². The second-order valence-electron chi connectivity index (χ2n) is 4.60. The van der Waals surface area contributed by atoms with E-state index in [1.165, 1.54) is 6.08 Å².